The van der Waals surface area contributed by atoms with Gasteiger partial charge >= 0.3 is 0 Å². The monoisotopic (exact) mass is 241 g/mol. The number of nitrogens with one attached hydrogen (secondary N) is 1. The standard InChI is InChI=1S/C14H15N3O/c1-7-5-11-13(15-6-7)17-14(16-11)12-8(2)9(3)18-10(12)4/h5-6H,1-4H3,(H,15,16,17). The lowest BCUT2D eigenvalue weighted by molar-refractivity contribution is 0.503. The van der Waals surface area contributed by atoms with Gasteiger partial charge in [-0.05, 0) is 39.3 Å². The van der Waals surface area contributed by atoms with Gasteiger partial charge in [0.2, 0.25) is 0 Å². The summed E-state index contributed by atoms with van der Waals surface area (Å²) in [4.78, 5) is 12.2. The first-order chi connectivity index (χ1) is 8.56. The first-order valence-electron chi connectivity index (χ1n) is 5.95. The Hall–Kier alpha value is -2.10. The lowest BCUT2D eigenvalue weighted by atomic mass is 10.1. The largest absolute Gasteiger partial charge is 0.466 e. The minimum absolute atomic E-state index is 0.744. The molecule has 3 heterocycles. The van der Waals surface area contributed by atoms with E-state index < -0.39 is 0 Å². The molecule has 0 fully saturated rings. The lowest BCUT2D eigenvalue weighted by Crippen LogP contribution is -1.83. The van der Waals surface area contributed by atoms with Crippen LogP contribution in [0.2, 0.25) is 0 Å². The Bertz CT molecular complexity index is 737. The average molecular weight is 241 g/mol. The summed E-state index contributed by atoms with van der Waals surface area (Å²) in [6.07, 6.45) is 1.83. The van der Waals surface area contributed by atoms with Gasteiger partial charge in [0.15, 0.2) is 5.65 Å². The lowest BCUT2D eigenvalue weighted by Gasteiger charge is -1.94. The van der Waals surface area contributed by atoms with Crippen molar-refractivity contribution in [2.45, 2.75) is 27.7 Å². The number of imidazole rings is 1. The number of aromatic nitrogens is 3. The Balaban J connectivity index is 2.25. The molecule has 0 aromatic carbocycles. The second-order valence-electron chi connectivity index (χ2n) is 4.68. The van der Waals surface area contributed by atoms with E-state index in [1.54, 1.807) is 0 Å². The van der Waals surface area contributed by atoms with Crippen molar-refractivity contribution in [2.24, 2.45) is 0 Å². The van der Waals surface area contributed by atoms with Crippen molar-refractivity contribution in [3.05, 3.63) is 34.9 Å². The maximum atomic E-state index is 5.64. The summed E-state index contributed by atoms with van der Waals surface area (Å²) in [7, 11) is 0. The smallest absolute Gasteiger partial charge is 0.178 e. The maximum absolute atomic E-state index is 5.64. The van der Waals surface area contributed by atoms with Crippen LogP contribution in [0.3, 0.4) is 0 Å². The number of hydrogen-bond donors (Lipinski definition) is 1. The highest BCUT2D eigenvalue weighted by atomic mass is 16.3. The molecule has 0 aliphatic heterocycles. The Kier molecular flexibility index (Phi) is 2.26. The summed E-state index contributed by atoms with van der Waals surface area (Å²) < 4.78 is 5.64. The van der Waals surface area contributed by atoms with E-state index in [2.05, 4.69) is 21.0 Å². The number of aromatic amines is 1. The summed E-state index contributed by atoms with van der Waals surface area (Å²) in [5.41, 5.74) is 5.00. The number of pyridine rings is 1. The molecule has 0 radical (unpaired) electrons. The molecule has 0 spiro atoms. The van der Waals surface area contributed by atoms with E-state index in [4.69, 9.17) is 4.42 Å². The maximum Gasteiger partial charge on any atom is 0.178 e. The van der Waals surface area contributed by atoms with Crippen LogP contribution in [-0.4, -0.2) is 15.0 Å². The molecule has 3 aromatic heterocycles. The van der Waals surface area contributed by atoms with Crippen LogP contribution in [0.15, 0.2) is 16.7 Å². The fourth-order valence-electron chi connectivity index (χ4n) is 2.26. The average Bonchev–Trinajstić information content (AvgIpc) is 2.80. The van der Waals surface area contributed by atoms with Crippen molar-refractivity contribution in [3.63, 3.8) is 0 Å². The summed E-state index contributed by atoms with van der Waals surface area (Å²) in [6.45, 7) is 8.00. The second-order valence-corrected chi connectivity index (χ2v) is 4.68. The minimum Gasteiger partial charge on any atom is -0.466 e. The fraction of sp³-hybridized carbons (Fsp3) is 0.286. The molecule has 0 amide bonds. The molecular formula is C14H15N3O. The fourth-order valence-corrected chi connectivity index (χ4v) is 2.26. The van der Waals surface area contributed by atoms with Crippen molar-refractivity contribution in [3.8, 4) is 11.4 Å². The van der Waals surface area contributed by atoms with Crippen LogP contribution < -0.4 is 0 Å². The van der Waals surface area contributed by atoms with Crippen molar-refractivity contribution >= 4 is 11.2 Å². The van der Waals surface area contributed by atoms with Gasteiger partial charge in [-0.15, -0.1) is 0 Å². The van der Waals surface area contributed by atoms with Crippen LogP contribution in [-0.2, 0) is 0 Å². The normalized spacial score (nSPS) is 11.3. The number of furan rings is 1. The van der Waals surface area contributed by atoms with E-state index in [1.807, 2.05) is 33.9 Å². The number of hydrogen-bond acceptors (Lipinski definition) is 3. The third-order valence-corrected chi connectivity index (χ3v) is 3.27. The van der Waals surface area contributed by atoms with Gasteiger partial charge in [0, 0.05) is 11.8 Å². The predicted octanol–water partition coefficient (Wildman–Crippen LogP) is 3.45. The number of H-pyrrole nitrogens is 1. The zero-order valence-corrected chi connectivity index (χ0v) is 11.0. The Morgan fingerprint density at radius 3 is 2.56 bits per heavy atom. The molecule has 0 bridgehead atoms. The van der Waals surface area contributed by atoms with Gasteiger partial charge < -0.3 is 9.40 Å². The molecule has 0 atom stereocenters. The van der Waals surface area contributed by atoms with Crippen LogP contribution in [0.25, 0.3) is 22.6 Å². The van der Waals surface area contributed by atoms with Crippen molar-refractivity contribution in [1.29, 1.82) is 0 Å². The van der Waals surface area contributed by atoms with Gasteiger partial charge in [-0.25, -0.2) is 9.97 Å². The SMILES string of the molecule is Cc1cnc2nc(-c3c(C)oc(C)c3C)[nH]c2c1. The van der Waals surface area contributed by atoms with Crippen LogP contribution in [0.1, 0.15) is 22.6 Å². The molecule has 18 heavy (non-hydrogen) atoms. The quantitative estimate of drug-likeness (QED) is 0.710. The molecule has 92 valence electrons. The van der Waals surface area contributed by atoms with Crippen LogP contribution in [0.4, 0.5) is 0 Å². The summed E-state index contributed by atoms with van der Waals surface area (Å²) in [6, 6.07) is 2.05. The molecule has 4 nitrogen and oxygen atoms in total. The summed E-state index contributed by atoms with van der Waals surface area (Å²) in [5, 5.41) is 0. The van der Waals surface area contributed by atoms with E-state index >= 15 is 0 Å². The molecule has 3 aromatic rings. The molecule has 1 N–H and O–H groups in total. The minimum atomic E-state index is 0.744. The van der Waals surface area contributed by atoms with Crippen LogP contribution in [0, 0.1) is 27.7 Å². The molecule has 0 saturated carbocycles. The highest BCUT2D eigenvalue weighted by molar-refractivity contribution is 5.77. The molecule has 0 unspecified atom stereocenters. The molecular weight excluding hydrogens is 226 g/mol. The molecule has 0 aliphatic carbocycles. The summed E-state index contributed by atoms with van der Waals surface area (Å²) in [5.74, 6) is 2.66. The number of fused-ring (bicyclic) bond motifs is 1. The van der Waals surface area contributed by atoms with Gasteiger partial charge in [0.05, 0.1) is 11.1 Å². The highest BCUT2D eigenvalue weighted by Gasteiger charge is 2.16. The Morgan fingerprint density at radius 1 is 1.11 bits per heavy atom. The number of rotatable bonds is 1. The van der Waals surface area contributed by atoms with Crippen LogP contribution >= 0.6 is 0 Å². The van der Waals surface area contributed by atoms with Crippen molar-refractivity contribution in [1.82, 2.24) is 15.0 Å². The Labute approximate surface area is 105 Å². The predicted molar refractivity (Wildman–Crippen MR) is 70.5 cm³/mol. The van der Waals surface area contributed by atoms with Crippen LogP contribution in [0.5, 0.6) is 0 Å². The number of nitrogens with zero attached hydrogens (tertiary/aromatic N) is 2. The number of aryl methyl sites for hydroxylation is 3. The first kappa shape index (κ1) is 11.0. The van der Waals surface area contributed by atoms with E-state index in [-0.39, 0.29) is 0 Å². The van der Waals surface area contributed by atoms with Gasteiger partial charge in [-0.1, -0.05) is 0 Å². The van der Waals surface area contributed by atoms with E-state index in [0.717, 1.165) is 45.2 Å². The molecule has 4 heteroatoms. The second kappa shape index (κ2) is 3.70. The van der Waals surface area contributed by atoms with E-state index in [9.17, 15) is 0 Å². The van der Waals surface area contributed by atoms with Crippen molar-refractivity contribution in [2.75, 3.05) is 0 Å². The topological polar surface area (TPSA) is 54.7 Å². The molecule has 3 rings (SSSR count). The zero-order chi connectivity index (χ0) is 12.9. The van der Waals surface area contributed by atoms with Gasteiger partial charge in [-0.3, -0.25) is 0 Å². The third-order valence-electron chi connectivity index (χ3n) is 3.27. The van der Waals surface area contributed by atoms with Crippen molar-refractivity contribution < 1.29 is 4.42 Å². The van der Waals surface area contributed by atoms with Gasteiger partial charge in [0.25, 0.3) is 0 Å². The van der Waals surface area contributed by atoms with Gasteiger partial charge in [0.1, 0.15) is 17.3 Å². The van der Waals surface area contributed by atoms with Gasteiger partial charge in [-0.2, -0.15) is 0 Å². The molecule has 0 aliphatic rings. The first-order valence-corrected chi connectivity index (χ1v) is 5.95. The third kappa shape index (κ3) is 1.53. The Morgan fingerprint density at radius 2 is 1.89 bits per heavy atom. The highest BCUT2D eigenvalue weighted by Crippen LogP contribution is 2.30. The van der Waals surface area contributed by atoms with E-state index in [0.29, 0.717) is 0 Å². The summed E-state index contributed by atoms with van der Waals surface area (Å²) >= 11 is 0. The molecule has 0 saturated heterocycles. The van der Waals surface area contributed by atoms with E-state index in [1.165, 1.54) is 0 Å². The zero-order valence-electron chi connectivity index (χ0n) is 11.0.